The van der Waals surface area contributed by atoms with Crippen LogP contribution in [-0.4, -0.2) is 37.6 Å². The third kappa shape index (κ3) is 5.97. The van der Waals surface area contributed by atoms with Crippen LogP contribution < -0.4 is 10.2 Å². The number of ether oxygens (including phenoxy) is 1. The number of benzene rings is 2. The summed E-state index contributed by atoms with van der Waals surface area (Å²) in [6.07, 6.45) is 2.80. The van der Waals surface area contributed by atoms with Gasteiger partial charge in [0.15, 0.2) is 0 Å². The molecule has 1 aliphatic rings. The monoisotopic (exact) mass is 424 g/mol. The van der Waals surface area contributed by atoms with E-state index in [1.807, 2.05) is 75.4 Å². The molecule has 6 heteroatoms. The maximum atomic E-state index is 13.2. The Hall–Kier alpha value is -2.57. The van der Waals surface area contributed by atoms with Gasteiger partial charge in [-0.15, -0.1) is 0 Å². The number of amides is 2. The third-order valence-corrected chi connectivity index (χ3v) is 5.68. The first-order chi connectivity index (χ1) is 14.4. The summed E-state index contributed by atoms with van der Waals surface area (Å²) in [4.78, 5) is 28.8. The topological polar surface area (TPSA) is 58.6 Å². The molecule has 0 aromatic heterocycles. The molecule has 5 nitrogen and oxygen atoms in total. The lowest BCUT2D eigenvalue weighted by atomic mass is 10.1. The maximum Gasteiger partial charge on any atom is 0.265 e. The van der Waals surface area contributed by atoms with Gasteiger partial charge < -0.3 is 10.1 Å². The third-order valence-electron chi connectivity index (χ3n) is 4.60. The first-order valence-corrected chi connectivity index (χ1v) is 11.0. The summed E-state index contributed by atoms with van der Waals surface area (Å²) >= 11 is 1.44. The van der Waals surface area contributed by atoms with Crippen LogP contribution in [0.3, 0.4) is 0 Å². The van der Waals surface area contributed by atoms with Gasteiger partial charge in [-0.1, -0.05) is 53.7 Å². The van der Waals surface area contributed by atoms with Crippen molar-refractivity contribution >= 4 is 35.3 Å². The predicted octanol–water partition coefficient (Wildman–Crippen LogP) is 4.41. The van der Waals surface area contributed by atoms with Crippen molar-refractivity contribution in [3.05, 3.63) is 64.6 Å². The normalized spacial score (nSPS) is 14.9. The quantitative estimate of drug-likeness (QED) is 0.504. The van der Waals surface area contributed by atoms with Crippen molar-refractivity contribution in [1.82, 2.24) is 5.32 Å². The first kappa shape index (κ1) is 22.1. The Kier molecular flexibility index (Phi) is 7.71. The number of thioether (sulfide) groups is 1. The standard InChI is InChI=1S/C24H28N2O3S/c1-17(2)29-14-6-13-25-23(27)16-26-20-7-4-5-8-21(20)30-22(24(26)28)15-19-11-9-18(3)10-12-19/h4-5,7-12,15,17H,6,13-14,16H2,1-3H3,(H,25,27). The number of hydrogen-bond donors (Lipinski definition) is 1. The number of rotatable bonds is 8. The highest BCUT2D eigenvalue weighted by Crippen LogP contribution is 2.41. The summed E-state index contributed by atoms with van der Waals surface area (Å²) in [6, 6.07) is 15.7. The lowest BCUT2D eigenvalue weighted by molar-refractivity contribution is -0.122. The number of carbonyl (C=O) groups is 2. The molecule has 158 valence electrons. The largest absolute Gasteiger partial charge is 0.379 e. The number of aryl methyl sites for hydroxylation is 1. The van der Waals surface area contributed by atoms with E-state index < -0.39 is 0 Å². The molecule has 0 fully saturated rings. The second kappa shape index (κ2) is 10.5. The van der Waals surface area contributed by atoms with E-state index in [0.29, 0.717) is 18.1 Å². The van der Waals surface area contributed by atoms with Gasteiger partial charge in [0.2, 0.25) is 5.91 Å². The predicted molar refractivity (Wildman–Crippen MR) is 123 cm³/mol. The molecule has 0 aliphatic carbocycles. The van der Waals surface area contributed by atoms with Gasteiger partial charge in [0.05, 0.1) is 16.7 Å². The molecule has 0 radical (unpaired) electrons. The average Bonchev–Trinajstić information content (AvgIpc) is 2.72. The fraction of sp³-hybridized carbons (Fsp3) is 0.333. The number of nitrogens with one attached hydrogen (secondary N) is 1. The summed E-state index contributed by atoms with van der Waals surface area (Å²) in [5, 5.41) is 2.89. The zero-order chi connectivity index (χ0) is 21.5. The second-order valence-electron chi connectivity index (χ2n) is 7.50. The van der Waals surface area contributed by atoms with Gasteiger partial charge in [0, 0.05) is 18.0 Å². The molecule has 0 saturated heterocycles. The number of carbonyl (C=O) groups excluding carboxylic acids is 2. The van der Waals surface area contributed by atoms with Crippen LogP contribution in [0.4, 0.5) is 5.69 Å². The highest BCUT2D eigenvalue weighted by atomic mass is 32.2. The van der Waals surface area contributed by atoms with Crippen molar-refractivity contribution in [2.75, 3.05) is 24.6 Å². The van der Waals surface area contributed by atoms with Crippen molar-refractivity contribution in [2.24, 2.45) is 0 Å². The summed E-state index contributed by atoms with van der Waals surface area (Å²) in [6.45, 7) is 7.12. The Morgan fingerprint density at radius 1 is 1.17 bits per heavy atom. The summed E-state index contributed by atoms with van der Waals surface area (Å²) < 4.78 is 5.49. The lowest BCUT2D eigenvalue weighted by Crippen LogP contribution is -2.43. The first-order valence-electron chi connectivity index (χ1n) is 10.2. The van der Waals surface area contributed by atoms with Crippen LogP contribution in [0.1, 0.15) is 31.4 Å². The smallest absolute Gasteiger partial charge is 0.265 e. The molecule has 2 aromatic rings. The Balaban J connectivity index is 1.71. The van der Waals surface area contributed by atoms with Crippen LogP contribution in [0.2, 0.25) is 0 Å². The number of para-hydroxylation sites is 1. The number of nitrogens with zero attached hydrogens (tertiary/aromatic N) is 1. The number of fused-ring (bicyclic) bond motifs is 1. The highest BCUT2D eigenvalue weighted by molar-refractivity contribution is 8.04. The van der Waals surface area contributed by atoms with Crippen LogP contribution in [0.5, 0.6) is 0 Å². The minimum atomic E-state index is -0.177. The summed E-state index contributed by atoms with van der Waals surface area (Å²) in [7, 11) is 0. The van der Waals surface area contributed by atoms with E-state index in [1.165, 1.54) is 17.3 Å². The van der Waals surface area contributed by atoms with Crippen molar-refractivity contribution in [2.45, 2.75) is 38.2 Å². The number of hydrogen-bond acceptors (Lipinski definition) is 4. The van der Waals surface area contributed by atoms with Crippen molar-refractivity contribution in [1.29, 1.82) is 0 Å². The fourth-order valence-electron chi connectivity index (χ4n) is 3.05. The molecule has 0 spiro atoms. The SMILES string of the molecule is Cc1ccc(C=C2Sc3ccccc3N(CC(=O)NCCCOC(C)C)C2=O)cc1. The van der Waals surface area contributed by atoms with Crippen molar-refractivity contribution in [3.8, 4) is 0 Å². The Labute approximate surface area is 182 Å². The van der Waals surface area contributed by atoms with Crippen LogP contribution in [0, 0.1) is 6.92 Å². The van der Waals surface area contributed by atoms with Crippen LogP contribution in [-0.2, 0) is 14.3 Å². The molecule has 0 unspecified atom stereocenters. The average molecular weight is 425 g/mol. The molecule has 3 rings (SSSR count). The van der Waals surface area contributed by atoms with E-state index in [1.54, 1.807) is 4.90 Å². The van der Waals surface area contributed by atoms with Gasteiger partial charge in [0.1, 0.15) is 6.54 Å². The molecule has 0 atom stereocenters. The Bertz CT molecular complexity index is 922. The number of anilines is 1. The molecule has 1 aliphatic heterocycles. The molecular formula is C24H28N2O3S. The van der Waals surface area contributed by atoms with Crippen molar-refractivity contribution < 1.29 is 14.3 Å². The highest BCUT2D eigenvalue weighted by Gasteiger charge is 2.30. The van der Waals surface area contributed by atoms with Gasteiger partial charge in [-0.2, -0.15) is 0 Å². The molecular weight excluding hydrogens is 396 g/mol. The fourth-order valence-corrected chi connectivity index (χ4v) is 4.11. The van der Waals surface area contributed by atoms with Crippen LogP contribution >= 0.6 is 11.8 Å². The van der Waals surface area contributed by atoms with E-state index in [0.717, 1.165) is 22.6 Å². The van der Waals surface area contributed by atoms with E-state index in [4.69, 9.17) is 4.74 Å². The zero-order valence-corrected chi connectivity index (χ0v) is 18.5. The van der Waals surface area contributed by atoms with Crippen molar-refractivity contribution in [3.63, 3.8) is 0 Å². The molecule has 0 bridgehead atoms. The second-order valence-corrected chi connectivity index (χ2v) is 8.59. The molecule has 0 saturated carbocycles. The lowest BCUT2D eigenvalue weighted by Gasteiger charge is -2.29. The molecule has 30 heavy (non-hydrogen) atoms. The van der Waals surface area contributed by atoms with Gasteiger partial charge in [-0.3, -0.25) is 14.5 Å². The Morgan fingerprint density at radius 2 is 1.90 bits per heavy atom. The molecule has 2 aromatic carbocycles. The Morgan fingerprint density at radius 3 is 2.63 bits per heavy atom. The van der Waals surface area contributed by atoms with E-state index in [9.17, 15) is 9.59 Å². The summed E-state index contributed by atoms with van der Waals surface area (Å²) in [5.41, 5.74) is 2.90. The van der Waals surface area contributed by atoms with Gasteiger partial charge in [-0.05, 0) is 51.0 Å². The van der Waals surface area contributed by atoms with E-state index in [-0.39, 0.29) is 24.5 Å². The zero-order valence-electron chi connectivity index (χ0n) is 17.7. The van der Waals surface area contributed by atoms with E-state index in [2.05, 4.69) is 5.32 Å². The maximum absolute atomic E-state index is 13.2. The minimum Gasteiger partial charge on any atom is -0.379 e. The molecule has 1 heterocycles. The minimum absolute atomic E-state index is 0.00726. The molecule has 2 amide bonds. The van der Waals surface area contributed by atoms with Gasteiger partial charge in [0.25, 0.3) is 5.91 Å². The van der Waals surface area contributed by atoms with E-state index >= 15 is 0 Å². The molecule has 1 N–H and O–H groups in total. The van der Waals surface area contributed by atoms with Gasteiger partial charge in [-0.25, -0.2) is 0 Å². The van der Waals surface area contributed by atoms with Gasteiger partial charge >= 0.3 is 0 Å². The summed E-state index contributed by atoms with van der Waals surface area (Å²) in [5.74, 6) is -0.332. The van der Waals surface area contributed by atoms with Crippen LogP contribution in [0.15, 0.2) is 58.3 Å². The van der Waals surface area contributed by atoms with Crippen LogP contribution in [0.25, 0.3) is 6.08 Å².